The first-order chi connectivity index (χ1) is 10.3. The Labute approximate surface area is 135 Å². The quantitative estimate of drug-likeness (QED) is 0.795. The maximum atomic E-state index is 3.65. The standard InChI is InChI=1S/C18H23BrN2/c1-2-20-18-9-4-3-7-15-12-21(13-17(15)18)11-14-6-5-8-16(19)10-14/h5-6,8,10,12-13,18,20H,2-4,7,9,11H2,1H3. The number of fused-ring (bicyclic) bond motifs is 1. The molecule has 3 heteroatoms. The lowest BCUT2D eigenvalue weighted by molar-refractivity contribution is 0.502. The summed E-state index contributed by atoms with van der Waals surface area (Å²) in [6.07, 6.45) is 9.85. The molecule has 0 saturated heterocycles. The molecule has 1 aliphatic rings. The van der Waals surface area contributed by atoms with Crippen LogP contribution in [0, 0.1) is 0 Å². The maximum Gasteiger partial charge on any atom is 0.0470 e. The van der Waals surface area contributed by atoms with Crippen molar-refractivity contribution in [3.05, 3.63) is 57.8 Å². The molecule has 1 aromatic heterocycles. The van der Waals surface area contributed by atoms with E-state index in [1.165, 1.54) is 42.4 Å². The number of halogens is 1. The minimum absolute atomic E-state index is 0.538. The van der Waals surface area contributed by atoms with E-state index in [4.69, 9.17) is 0 Å². The van der Waals surface area contributed by atoms with Crippen LogP contribution >= 0.6 is 15.9 Å². The van der Waals surface area contributed by atoms with Crippen LogP contribution in [0.5, 0.6) is 0 Å². The van der Waals surface area contributed by atoms with E-state index >= 15 is 0 Å². The molecule has 2 nitrogen and oxygen atoms in total. The molecule has 0 spiro atoms. The highest BCUT2D eigenvalue weighted by atomic mass is 79.9. The molecule has 112 valence electrons. The molecule has 1 atom stereocenters. The first-order valence-electron chi connectivity index (χ1n) is 7.92. The zero-order valence-electron chi connectivity index (χ0n) is 12.6. The summed E-state index contributed by atoms with van der Waals surface area (Å²) >= 11 is 3.55. The monoisotopic (exact) mass is 346 g/mol. The molecule has 21 heavy (non-hydrogen) atoms. The molecule has 0 amide bonds. The Kier molecular flexibility index (Phi) is 4.81. The highest BCUT2D eigenvalue weighted by Crippen LogP contribution is 2.29. The van der Waals surface area contributed by atoms with E-state index in [9.17, 15) is 0 Å². The van der Waals surface area contributed by atoms with E-state index in [-0.39, 0.29) is 0 Å². The normalized spacial score (nSPS) is 18.3. The summed E-state index contributed by atoms with van der Waals surface area (Å²) < 4.78 is 3.50. The van der Waals surface area contributed by atoms with Gasteiger partial charge in [-0.2, -0.15) is 0 Å². The van der Waals surface area contributed by atoms with Crippen LogP contribution < -0.4 is 5.32 Å². The van der Waals surface area contributed by atoms with Gasteiger partial charge in [0.25, 0.3) is 0 Å². The molecule has 0 radical (unpaired) electrons. The van der Waals surface area contributed by atoms with Crippen molar-refractivity contribution in [2.75, 3.05) is 6.54 Å². The average Bonchev–Trinajstić information content (AvgIpc) is 2.76. The second-order valence-electron chi connectivity index (χ2n) is 5.90. The van der Waals surface area contributed by atoms with Gasteiger partial charge in [-0.3, -0.25) is 0 Å². The SMILES string of the molecule is CCNC1CCCCc2cn(Cc3cccc(Br)c3)cc21. The first-order valence-corrected chi connectivity index (χ1v) is 8.72. The van der Waals surface area contributed by atoms with Gasteiger partial charge in [0.2, 0.25) is 0 Å². The first kappa shape index (κ1) is 14.9. The highest BCUT2D eigenvalue weighted by molar-refractivity contribution is 9.10. The van der Waals surface area contributed by atoms with Gasteiger partial charge in [0.15, 0.2) is 0 Å². The molecule has 1 aromatic carbocycles. The van der Waals surface area contributed by atoms with Crippen LogP contribution in [-0.4, -0.2) is 11.1 Å². The Morgan fingerprint density at radius 2 is 2.19 bits per heavy atom. The molecule has 0 fully saturated rings. The van der Waals surface area contributed by atoms with Crippen molar-refractivity contribution in [2.24, 2.45) is 0 Å². The van der Waals surface area contributed by atoms with Gasteiger partial charge in [-0.15, -0.1) is 0 Å². The zero-order chi connectivity index (χ0) is 14.7. The van der Waals surface area contributed by atoms with Gasteiger partial charge in [-0.05, 0) is 54.6 Å². The highest BCUT2D eigenvalue weighted by Gasteiger charge is 2.19. The van der Waals surface area contributed by atoms with Crippen LogP contribution in [0.4, 0.5) is 0 Å². The largest absolute Gasteiger partial charge is 0.349 e. The van der Waals surface area contributed by atoms with Gasteiger partial charge in [-0.25, -0.2) is 0 Å². The van der Waals surface area contributed by atoms with E-state index in [2.05, 4.69) is 69.4 Å². The molecular formula is C18H23BrN2. The van der Waals surface area contributed by atoms with Gasteiger partial charge in [-0.1, -0.05) is 41.4 Å². The fourth-order valence-corrected chi connectivity index (χ4v) is 3.76. The molecule has 1 unspecified atom stereocenters. The van der Waals surface area contributed by atoms with Gasteiger partial charge in [0, 0.05) is 29.5 Å². The molecule has 1 N–H and O–H groups in total. The van der Waals surface area contributed by atoms with Crippen LogP contribution in [0.1, 0.15) is 48.9 Å². The van der Waals surface area contributed by atoms with Crippen molar-refractivity contribution in [3.8, 4) is 0 Å². The molecule has 3 rings (SSSR count). The summed E-state index contributed by atoms with van der Waals surface area (Å²) in [5.41, 5.74) is 4.40. The molecule has 0 saturated carbocycles. The number of hydrogen-bond donors (Lipinski definition) is 1. The summed E-state index contributed by atoms with van der Waals surface area (Å²) in [7, 11) is 0. The number of hydrogen-bond acceptors (Lipinski definition) is 1. The lowest BCUT2D eigenvalue weighted by Gasteiger charge is -2.15. The van der Waals surface area contributed by atoms with Crippen molar-refractivity contribution < 1.29 is 0 Å². The van der Waals surface area contributed by atoms with Crippen molar-refractivity contribution in [3.63, 3.8) is 0 Å². The molecular weight excluding hydrogens is 324 g/mol. The zero-order valence-corrected chi connectivity index (χ0v) is 14.2. The Morgan fingerprint density at radius 3 is 3.00 bits per heavy atom. The molecule has 0 aliphatic heterocycles. The number of benzene rings is 1. The topological polar surface area (TPSA) is 17.0 Å². The Balaban J connectivity index is 1.83. The summed E-state index contributed by atoms with van der Waals surface area (Å²) in [6, 6.07) is 9.12. The number of aryl methyl sites for hydroxylation is 1. The van der Waals surface area contributed by atoms with E-state index in [1.54, 1.807) is 0 Å². The van der Waals surface area contributed by atoms with Crippen molar-refractivity contribution >= 4 is 15.9 Å². The predicted octanol–water partition coefficient (Wildman–Crippen LogP) is 4.68. The summed E-state index contributed by atoms with van der Waals surface area (Å²) in [6.45, 7) is 4.19. The minimum Gasteiger partial charge on any atom is -0.349 e. The van der Waals surface area contributed by atoms with E-state index in [0.717, 1.165) is 17.6 Å². The van der Waals surface area contributed by atoms with Crippen molar-refractivity contribution in [1.29, 1.82) is 0 Å². The Morgan fingerprint density at radius 1 is 1.29 bits per heavy atom. The molecule has 1 aliphatic carbocycles. The number of nitrogens with zero attached hydrogens (tertiary/aromatic N) is 1. The third kappa shape index (κ3) is 3.58. The number of nitrogens with one attached hydrogen (secondary N) is 1. The van der Waals surface area contributed by atoms with Crippen molar-refractivity contribution in [2.45, 2.75) is 45.2 Å². The fourth-order valence-electron chi connectivity index (χ4n) is 3.31. The average molecular weight is 347 g/mol. The van der Waals surface area contributed by atoms with Gasteiger partial charge in [0.1, 0.15) is 0 Å². The van der Waals surface area contributed by atoms with Crippen molar-refractivity contribution in [1.82, 2.24) is 9.88 Å². The third-order valence-electron chi connectivity index (χ3n) is 4.27. The third-order valence-corrected chi connectivity index (χ3v) is 4.76. The van der Waals surface area contributed by atoms with Crippen LogP contribution in [0.25, 0.3) is 0 Å². The number of aromatic nitrogens is 1. The fraction of sp³-hybridized carbons (Fsp3) is 0.444. The van der Waals surface area contributed by atoms with Gasteiger partial charge in [0.05, 0.1) is 0 Å². The van der Waals surface area contributed by atoms with Crippen LogP contribution in [0.15, 0.2) is 41.1 Å². The number of rotatable bonds is 4. The Bertz CT molecular complexity index is 603. The lowest BCUT2D eigenvalue weighted by atomic mass is 10.0. The van der Waals surface area contributed by atoms with E-state index in [1.807, 2.05) is 0 Å². The smallest absolute Gasteiger partial charge is 0.0470 e. The maximum absolute atomic E-state index is 3.65. The summed E-state index contributed by atoms with van der Waals surface area (Å²) in [5.74, 6) is 0. The van der Waals surface area contributed by atoms with Gasteiger partial charge < -0.3 is 9.88 Å². The van der Waals surface area contributed by atoms with Crippen LogP contribution in [0.2, 0.25) is 0 Å². The van der Waals surface area contributed by atoms with E-state index < -0.39 is 0 Å². The lowest BCUT2D eigenvalue weighted by Crippen LogP contribution is -2.20. The molecule has 0 bridgehead atoms. The predicted molar refractivity (Wildman–Crippen MR) is 91.6 cm³/mol. The van der Waals surface area contributed by atoms with Gasteiger partial charge >= 0.3 is 0 Å². The molecule has 2 aromatic rings. The molecule has 1 heterocycles. The van der Waals surface area contributed by atoms with Crippen LogP contribution in [-0.2, 0) is 13.0 Å². The minimum atomic E-state index is 0.538. The second kappa shape index (κ2) is 6.80. The summed E-state index contributed by atoms with van der Waals surface area (Å²) in [5, 5.41) is 3.65. The van der Waals surface area contributed by atoms with Crippen LogP contribution in [0.3, 0.4) is 0 Å². The second-order valence-corrected chi connectivity index (χ2v) is 6.81. The Hall–Kier alpha value is -1.06. The summed E-state index contributed by atoms with van der Waals surface area (Å²) in [4.78, 5) is 0. The van der Waals surface area contributed by atoms with E-state index in [0.29, 0.717) is 6.04 Å².